The van der Waals surface area contributed by atoms with E-state index in [4.69, 9.17) is 9.47 Å². The fourth-order valence-electron chi connectivity index (χ4n) is 7.75. The third kappa shape index (κ3) is 28.4. The maximum Gasteiger partial charge on any atom is 0.220 e. The number of allylic oxidation sites excluding steroid dienone is 1. The Morgan fingerprint density at radius 3 is 1.39 bits per heavy atom. The number of hydrogen-bond donors (Lipinski definition) is 6. The minimum Gasteiger partial charge on any atom is -0.394 e. The van der Waals surface area contributed by atoms with Gasteiger partial charge in [-0.2, -0.15) is 0 Å². The van der Waals surface area contributed by atoms with E-state index in [1.807, 2.05) is 6.08 Å². The highest BCUT2D eigenvalue weighted by Gasteiger charge is 2.44. The fraction of sp³-hybridized carbons (Fsp3) is 0.936. The molecule has 7 atom stereocenters. The van der Waals surface area contributed by atoms with Gasteiger partial charge in [0, 0.05) is 6.42 Å². The monoisotopic (exact) mass is 798 g/mol. The molecule has 9 heteroatoms. The minimum absolute atomic E-state index is 0.176. The molecule has 0 aromatic carbocycles. The Bertz CT molecular complexity index is 888. The highest BCUT2D eigenvalue weighted by atomic mass is 16.7. The molecule has 1 fully saturated rings. The van der Waals surface area contributed by atoms with Crippen molar-refractivity contribution in [3.63, 3.8) is 0 Å². The zero-order valence-corrected chi connectivity index (χ0v) is 36.4. The Kier molecular flexibility index (Phi) is 36.1. The molecule has 9 nitrogen and oxygen atoms in total. The molecule has 0 spiro atoms. The number of hydrogen-bond acceptors (Lipinski definition) is 8. The average molecular weight is 798 g/mol. The summed E-state index contributed by atoms with van der Waals surface area (Å²) >= 11 is 0. The molecule has 1 rings (SSSR count). The van der Waals surface area contributed by atoms with Gasteiger partial charge in [-0.05, 0) is 19.3 Å². The predicted octanol–water partition coefficient (Wildman–Crippen LogP) is 10.1. The van der Waals surface area contributed by atoms with Gasteiger partial charge in [0.15, 0.2) is 6.29 Å². The van der Waals surface area contributed by atoms with Gasteiger partial charge in [-0.15, -0.1) is 0 Å². The number of aliphatic hydroxyl groups is 5. The second-order valence-electron chi connectivity index (χ2n) is 16.9. The minimum atomic E-state index is -1.56. The van der Waals surface area contributed by atoms with Crippen molar-refractivity contribution < 1.29 is 39.8 Å². The second kappa shape index (κ2) is 38.2. The van der Waals surface area contributed by atoms with Crippen molar-refractivity contribution in [2.24, 2.45) is 0 Å². The van der Waals surface area contributed by atoms with Crippen LogP contribution >= 0.6 is 0 Å². The third-order valence-electron chi connectivity index (χ3n) is 11.6. The van der Waals surface area contributed by atoms with Crippen LogP contribution in [0.15, 0.2) is 12.2 Å². The Labute approximate surface area is 344 Å². The summed E-state index contributed by atoms with van der Waals surface area (Å²) in [5.74, 6) is -0.176. The van der Waals surface area contributed by atoms with Crippen LogP contribution in [0.5, 0.6) is 0 Å². The molecule has 0 saturated carbocycles. The molecular weight excluding hydrogens is 707 g/mol. The van der Waals surface area contributed by atoms with E-state index in [2.05, 4.69) is 19.2 Å². The van der Waals surface area contributed by atoms with Crippen LogP contribution in [0.25, 0.3) is 0 Å². The first-order chi connectivity index (χ1) is 27.3. The number of rotatable bonds is 40. The number of aliphatic hydroxyl groups excluding tert-OH is 5. The lowest BCUT2D eigenvalue weighted by Crippen LogP contribution is -2.60. The maximum atomic E-state index is 12.9. The molecular formula is C47H91NO8. The van der Waals surface area contributed by atoms with E-state index < -0.39 is 49.5 Å². The summed E-state index contributed by atoms with van der Waals surface area (Å²) in [6, 6.07) is -0.797. The van der Waals surface area contributed by atoms with Crippen molar-refractivity contribution in [3.05, 3.63) is 12.2 Å². The molecule has 1 heterocycles. The van der Waals surface area contributed by atoms with E-state index in [1.165, 1.54) is 167 Å². The average Bonchev–Trinajstić information content (AvgIpc) is 3.20. The van der Waals surface area contributed by atoms with E-state index in [9.17, 15) is 30.3 Å². The number of amides is 1. The predicted molar refractivity (Wildman–Crippen MR) is 231 cm³/mol. The van der Waals surface area contributed by atoms with Crippen LogP contribution in [-0.2, 0) is 14.3 Å². The van der Waals surface area contributed by atoms with Gasteiger partial charge < -0.3 is 40.3 Å². The molecule has 0 aromatic heterocycles. The van der Waals surface area contributed by atoms with Crippen molar-refractivity contribution in [2.45, 2.75) is 269 Å². The molecule has 0 aliphatic carbocycles. The smallest absolute Gasteiger partial charge is 0.220 e. The lowest BCUT2D eigenvalue weighted by molar-refractivity contribution is -0.302. The zero-order valence-electron chi connectivity index (χ0n) is 36.4. The van der Waals surface area contributed by atoms with Crippen LogP contribution < -0.4 is 5.32 Å². The van der Waals surface area contributed by atoms with Gasteiger partial charge in [-0.25, -0.2) is 0 Å². The van der Waals surface area contributed by atoms with Crippen molar-refractivity contribution in [1.82, 2.24) is 5.32 Å². The highest BCUT2D eigenvalue weighted by molar-refractivity contribution is 5.76. The SMILES string of the molecule is CCCCCCCCCCCCCCCCCCCCCC/C=C/C(O)C(COC1OC(CO)C(O)C(O)C1O)NC(=O)CCCCCCCCCCCCC. The van der Waals surface area contributed by atoms with Crippen LogP contribution in [0.4, 0.5) is 0 Å². The number of ether oxygens (including phenoxy) is 2. The van der Waals surface area contributed by atoms with Crippen LogP contribution in [0.1, 0.15) is 226 Å². The topological polar surface area (TPSA) is 149 Å². The van der Waals surface area contributed by atoms with Gasteiger partial charge in [0.2, 0.25) is 5.91 Å². The van der Waals surface area contributed by atoms with Crippen molar-refractivity contribution >= 4 is 5.91 Å². The molecule has 0 radical (unpaired) electrons. The maximum absolute atomic E-state index is 12.9. The molecule has 7 unspecified atom stereocenters. The molecule has 1 saturated heterocycles. The molecule has 1 aliphatic rings. The first kappa shape index (κ1) is 52.9. The largest absolute Gasteiger partial charge is 0.394 e. The summed E-state index contributed by atoms with van der Waals surface area (Å²) in [7, 11) is 0. The van der Waals surface area contributed by atoms with Gasteiger partial charge >= 0.3 is 0 Å². The molecule has 56 heavy (non-hydrogen) atoms. The Hall–Kier alpha value is -1.07. The van der Waals surface area contributed by atoms with Crippen molar-refractivity contribution in [2.75, 3.05) is 13.2 Å². The summed E-state index contributed by atoms with van der Waals surface area (Å²) < 4.78 is 11.2. The normalized spacial score (nSPS) is 21.2. The van der Waals surface area contributed by atoms with E-state index in [1.54, 1.807) is 6.08 Å². The van der Waals surface area contributed by atoms with Crippen LogP contribution in [0.2, 0.25) is 0 Å². The lowest BCUT2D eigenvalue weighted by atomic mass is 9.99. The molecule has 0 bridgehead atoms. The lowest BCUT2D eigenvalue weighted by Gasteiger charge is -2.40. The number of carbonyl (C=O) groups excluding carboxylic acids is 1. The molecule has 1 amide bonds. The summed E-state index contributed by atoms with van der Waals surface area (Å²) in [6.45, 7) is 3.78. The summed E-state index contributed by atoms with van der Waals surface area (Å²) in [5.41, 5.74) is 0. The van der Waals surface area contributed by atoms with Gasteiger partial charge in [-0.3, -0.25) is 4.79 Å². The number of carbonyl (C=O) groups is 1. The second-order valence-corrected chi connectivity index (χ2v) is 16.9. The van der Waals surface area contributed by atoms with Crippen molar-refractivity contribution in [1.29, 1.82) is 0 Å². The number of nitrogens with one attached hydrogen (secondary N) is 1. The Morgan fingerprint density at radius 2 is 0.982 bits per heavy atom. The molecule has 0 aromatic rings. The van der Waals surface area contributed by atoms with E-state index >= 15 is 0 Å². The first-order valence-electron chi connectivity index (χ1n) is 23.9. The van der Waals surface area contributed by atoms with Crippen LogP contribution in [0.3, 0.4) is 0 Å². The fourth-order valence-corrected chi connectivity index (χ4v) is 7.75. The van der Waals surface area contributed by atoms with E-state index in [-0.39, 0.29) is 12.5 Å². The summed E-state index contributed by atoms with van der Waals surface area (Å²) in [5, 5.41) is 54.2. The standard InChI is InChI=1S/C47H91NO8/c1-3-5-7-9-11-13-15-16-17-18-19-20-21-22-23-24-25-27-28-30-32-34-36-41(50)40(39-55-47-46(54)45(53)44(52)42(38-49)56-47)48-43(51)37-35-33-31-29-26-14-12-10-8-6-4-2/h34,36,40-42,44-47,49-50,52-54H,3-33,35,37-39H2,1-2H3,(H,48,51)/b36-34+. The van der Waals surface area contributed by atoms with Crippen LogP contribution in [-0.4, -0.2) is 87.5 Å². The third-order valence-corrected chi connectivity index (χ3v) is 11.6. The van der Waals surface area contributed by atoms with Gasteiger partial charge in [0.25, 0.3) is 0 Å². The van der Waals surface area contributed by atoms with Crippen LogP contribution in [0, 0.1) is 0 Å². The summed E-state index contributed by atoms with van der Waals surface area (Å²) in [4.78, 5) is 12.9. The molecule has 332 valence electrons. The van der Waals surface area contributed by atoms with Crippen molar-refractivity contribution in [3.8, 4) is 0 Å². The first-order valence-corrected chi connectivity index (χ1v) is 23.9. The quantitative estimate of drug-likeness (QED) is 0.0265. The van der Waals surface area contributed by atoms with Gasteiger partial charge in [0.05, 0.1) is 25.4 Å². The summed E-state index contributed by atoms with van der Waals surface area (Å²) in [6.07, 6.45) is 36.9. The van der Waals surface area contributed by atoms with E-state index in [0.717, 1.165) is 38.5 Å². The molecule has 1 aliphatic heterocycles. The highest BCUT2D eigenvalue weighted by Crippen LogP contribution is 2.23. The van der Waals surface area contributed by atoms with Gasteiger partial charge in [-0.1, -0.05) is 212 Å². The van der Waals surface area contributed by atoms with E-state index in [0.29, 0.717) is 6.42 Å². The Balaban J connectivity index is 2.28. The Morgan fingerprint density at radius 1 is 0.589 bits per heavy atom. The molecule has 6 N–H and O–H groups in total. The zero-order chi connectivity index (χ0) is 40.9. The number of unbranched alkanes of at least 4 members (excludes halogenated alkanes) is 30. The van der Waals surface area contributed by atoms with Gasteiger partial charge in [0.1, 0.15) is 24.4 Å².